The highest BCUT2D eigenvalue weighted by Crippen LogP contribution is 2.24. The fourth-order valence-corrected chi connectivity index (χ4v) is 2.28. The van der Waals surface area contributed by atoms with E-state index in [0.29, 0.717) is 19.6 Å². The van der Waals surface area contributed by atoms with E-state index in [2.05, 4.69) is 0 Å². The van der Waals surface area contributed by atoms with Gasteiger partial charge in [0.15, 0.2) is 0 Å². The number of piperazine rings is 1. The Morgan fingerprint density at radius 3 is 2.78 bits per heavy atom. The summed E-state index contributed by atoms with van der Waals surface area (Å²) in [6, 6.07) is 4.52. The first-order valence-electron chi connectivity index (χ1n) is 5.68. The molecule has 18 heavy (non-hydrogen) atoms. The van der Waals surface area contributed by atoms with Gasteiger partial charge in [-0.2, -0.15) is 0 Å². The molecule has 1 amide bonds. The van der Waals surface area contributed by atoms with Crippen LogP contribution >= 0.6 is 11.6 Å². The van der Waals surface area contributed by atoms with Gasteiger partial charge in [-0.3, -0.25) is 0 Å². The quantitative estimate of drug-likeness (QED) is 0.855. The molecule has 0 spiro atoms. The van der Waals surface area contributed by atoms with Crippen molar-refractivity contribution in [3.8, 4) is 0 Å². The Morgan fingerprint density at radius 1 is 1.50 bits per heavy atom. The zero-order valence-corrected chi connectivity index (χ0v) is 10.7. The first-order chi connectivity index (χ1) is 8.49. The fourth-order valence-electron chi connectivity index (χ4n) is 2.16. The van der Waals surface area contributed by atoms with Gasteiger partial charge in [0.1, 0.15) is 5.82 Å². The van der Waals surface area contributed by atoms with Gasteiger partial charge in [-0.15, -0.1) is 0 Å². The second-order valence-electron chi connectivity index (χ2n) is 4.37. The van der Waals surface area contributed by atoms with Crippen molar-refractivity contribution < 1.29 is 14.3 Å². The van der Waals surface area contributed by atoms with Crippen LogP contribution < -0.4 is 4.90 Å². The van der Waals surface area contributed by atoms with Crippen molar-refractivity contribution in [3.05, 3.63) is 29.0 Å². The third kappa shape index (κ3) is 2.51. The Hall–Kier alpha value is -1.49. The summed E-state index contributed by atoms with van der Waals surface area (Å²) in [4.78, 5) is 14.3. The number of carbonyl (C=O) groups is 1. The minimum absolute atomic E-state index is 0.0935. The second kappa shape index (κ2) is 5.02. The van der Waals surface area contributed by atoms with E-state index in [4.69, 9.17) is 16.7 Å². The molecule has 1 atom stereocenters. The van der Waals surface area contributed by atoms with Crippen molar-refractivity contribution in [2.45, 2.75) is 13.0 Å². The van der Waals surface area contributed by atoms with Gasteiger partial charge < -0.3 is 14.9 Å². The summed E-state index contributed by atoms with van der Waals surface area (Å²) in [6.45, 7) is 3.36. The van der Waals surface area contributed by atoms with E-state index in [1.807, 2.05) is 11.8 Å². The van der Waals surface area contributed by atoms with Crippen LogP contribution in [0.3, 0.4) is 0 Å². The van der Waals surface area contributed by atoms with Gasteiger partial charge >= 0.3 is 6.09 Å². The molecule has 2 rings (SSSR count). The molecule has 0 aliphatic carbocycles. The van der Waals surface area contributed by atoms with Gasteiger partial charge in [-0.05, 0) is 25.1 Å². The third-order valence-corrected chi connectivity index (χ3v) is 3.45. The summed E-state index contributed by atoms with van der Waals surface area (Å²) in [7, 11) is 0. The van der Waals surface area contributed by atoms with Gasteiger partial charge in [0, 0.05) is 31.4 Å². The molecule has 1 aliphatic heterocycles. The van der Waals surface area contributed by atoms with E-state index >= 15 is 0 Å². The number of amides is 1. The molecule has 6 heteroatoms. The lowest BCUT2D eigenvalue weighted by Crippen LogP contribution is -2.53. The van der Waals surface area contributed by atoms with Crippen LogP contribution in [0.25, 0.3) is 0 Å². The highest BCUT2D eigenvalue weighted by atomic mass is 35.5. The summed E-state index contributed by atoms with van der Waals surface area (Å²) < 4.78 is 13.4. The van der Waals surface area contributed by atoms with Crippen LogP contribution in [-0.4, -0.2) is 41.8 Å². The minimum Gasteiger partial charge on any atom is -0.465 e. The van der Waals surface area contributed by atoms with Crippen molar-refractivity contribution in [1.29, 1.82) is 0 Å². The molecule has 98 valence electrons. The number of benzene rings is 1. The van der Waals surface area contributed by atoms with Gasteiger partial charge in [-0.1, -0.05) is 11.6 Å². The number of hydrogen-bond acceptors (Lipinski definition) is 2. The van der Waals surface area contributed by atoms with E-state index in [-0.39, 0.29) is 11.1 Å². The van der Waals surface area contributed by atoms with Crippen molar-refractivity contribution in [2.24, 2.45) is 0 Å². The Kier molecular flexibility index (Phi) is 3.61. The van der Waals surface area contributed by atoms with Crippen LogP contribution in [0.2, 0.25) is 5.02 Å². The smallest absolute Gasteiger partial charge is 0.407 e. The maximum Gasteiger partial charge on any atom is 0.407 e. The Labute approximate surface area is 110 Å². The third-order valence-electron chi connectivity index (χ3n) is 3.14. The predicted octanol–water partition coefficient (Wildman–Crippen LogP) is 2.67. The maximum atomic E-state index is 13.4. The van der Waals surface area contributed by atoms with E-state index in [9.17, 15) is 9.18 Å². The standard InChI is InChI=1S/C12H14ClFN2O2/c1-8-7-15(4-5-16(8)12(17)18)9-2-3-10(13)11(14)6-9/h2-3,6,8H,4-5,7H2,1H3,(H,17,18). The number of halogens is 2. The van der Waals surface area contributed by atoms with Gasteiger partial charge in [0.05, 0.1) is 5.02 Å². The fraction of sp³-hybridized carbons (Fsp3) is 0.417. The molecule has 1 saturated heterocycles. The van der Waals surface area contributed by atoms with Crippen molar-refractivity contribution >= 4 is 23.4 Å². The molecule has 1 aromatic carbocycles. The normalized spacial score (nSPS) is 20.1. The van der Waals surface area contributed by atoms with Crippen molar-refractivity contribution in [3.63, 3.8) is 0 Å². The molecule has 1 N–H and O–H groups in total. The zero-order valence-electron chi connectivity index (χ0n) is 9.94. The van der Waals surface area contributed by atoms with Crippen molar-refractivity contribution in [1.82, 2.24) is 4.90 Å². The average molecular weight is 273 g/mol. The SMILES string of the molecule is CC1CN(c2ccc(Cl)c(F)c2)CCN1C(=O)O. The number of carboxylic acid groups (broad SMARTS) is 1. The molecule has 0 saturated carbocycles. The maximum absolute atomic E-state index is 13.4. The van der Waals surface area contributed by atoms with Crippen LogP contribution in [0.4, 0.5) is 14.9 Å². The van der Waals surface area contributed by atoms with E-state index < -0.39 is 11.9 Å². The van der Waals surface area contributed by atoms with Crippen LogP contribution in [0, 0.1) is 5.82 Å². The minimum atomic E-state index is -0.913. The van der Waals surface area contributed by atoms with E-state index in [0.717, 1.165) is 5.69 Å². The molecule has 1 heterocycles. The molecule has 0 aromatic heterocycles. The number of hydrogen-bond donors (Lipinski definition) is 1. The second-order valence-corrected chi connectivity index (χ2v) is 4.78. The number of anilines is 1. The number of nitrogens with zero attached hydrogens (tertiary/aromatic N) is 2. The topological polar surface area (TPSA) is 43.8 Å². The molecule has 0 radical (unpaired) electrons. The van der Waals surface area contributed by atoms with E-state index in [1.54, 1.807) is 6.07 Å². The van der Waals surface area contributed by atoms with Crippen LogP contribution in [0.15, 0.2) is 18.2 Å². The lowest BCUT2D eigenvalue weighted by Gasteiger charge is -2.39. The monoisotopic (exact) mass is 272 g/mol. The van der Waals surface area contributed by atoms with Gasteiger partial charge in [-0.25, -0.2) is 9.18 Å². The van der Waals surface area contributed by atoms with Crippen LogP contribution in [-0.2, 0) is 0 Å². The average Bonchev–Trinajstić information content (AvgIpc) is 2.32. The lowest BCUT2D eigenvalue weighted by molar-refractivity contribution is 0.122. The van der Waals surface area contributed by atoms with Crippen LogP contribution in [0.1, 0.15) is 6.92 Å². The molecule has 1 aromatic rings. The predicted molar refractivity (Wildman–Crippen MR) is 67.8 cm³/mol. The van der Waals surface area contributed by atoms with Crippen LogP contribution in [0.5, 0.6) is 0 Å². The molecule has 1 unspecified atom stereocenters. The summed E-state index contributed by atoms with van der Waals surface area (Å²) in [5, 5.41) is 9.07. The molecule has 1 aliphatic rings. The van der Waals surface area contributed by atoms with Crippen molar-refractivity contribution in [2.75, 3.05) is 24.5 Å². The Balaban J connectivity index is 2.12. The zero-order chi connectivity index (χ0) is 13.3. The first kappa shape index (κ1) is 13.0. The Morgan fingerprint density at radius 2 is 2.22 bits per heavy atom. The number of rotatable bonds is 1. The van der Waals surface area contributed by atoms with Gasteiger partial charge in [0.2, 0.25) is 0 Å². The molecule has 0 bridgehead atoms. The summed E-state index contributed by atoms with van der Waals surface area (Å²) in [5.74, 6) is -0.456. The first-order valence-corrected chi connectivity index (χ1v) is 6.06. The lowest BCUT2D eigenvalue weighted by atomic mass is 10.1. The molecule has 4 nitrogen and oxygen atoms in total. The molecular weight excluding hydrogens is 259 g/mol. The molecular formula is C12H14ClFN2O2. The largest absolute Gasteiger partial charge is 0.465 e. The Bertz CT molecular complexity index is 469. The molecule has 1 fully saturated rings. The summed E-state index contributed by atoms with van der Waals surface area (Å²) in [5.41, 5.74) is 0.730. The highest BCUT2D eigenvalue weighted by molar-refractivity contribution is 6.30. The summed E-state index contributed by atoms with van der Waals surface area (Å²) >= 11 is 5.63. The highest BCUT2D eigenvalue weighted by Gasteiger charge is 2.27. The van der Waals surface area contributed by atoms with Gasteiger partial charge in [0.25, 0.3) is 0 Å². The van der Waals surface area contributed by atoms with E-state index in [1.165, 1.54) is 17.0 Å². The summed E-state index contributed by atoms with van der Waals surface area (Å²) in [6.07, 6.45) is -0.913.